The summed E-state index contributed by atoms with van der Waals surface area (Å²) in [5, 5.41) is 23.4. The summed E-state index contributed by atoms with van der Waals surface area (Å²) in [4.78, 5) is 24.6. The molecule has 1 amide bonds. The minimum atomic E-state index is -0.656. The van der Waals surface area contributed by atoms with E-state index >= 15 is 0 Å². The van der Waals surface area contributed by atoms with Gasteiger partial charge in [0.2, 0.25) is 5.91 Å². The summed E-state index contributed by atoms with van der Waals surface area (Å²) in [5.41, 5.74) is 0.832. The summed E-state index contributed by atoms with van der Waals surface area (Å²) in [6.07, 6.45) is 15.3. The van der Waals surface area contributed by atoms with Gasteiger partial charge in [0.1, 0.15) is 17.4 Å². The predicted octanol–water partition coefficient (Wildman–Crippen LogP) is 4.35. The third-order valence-electron chi connectivity index (χ3n) is 5.25. The monoisotopic (exact) mass is 439 g/mol. The SMILES string of the molecule is CC/C=C/C=C/C(=O)N/C=C\C[C@H]1C[C@@H](O)[C@@H](C)C/C=C/Cc2cccc(O)c2C(=O)O1. The standard InChI is InChI=1S/C26H33NO5/c1-3-4-5-6-16-24(30)27-17-10-14-21-18-23(29)19(2)11-7-8-12-20-13-9-15-22(28)25(20)26(31)32-21/h4-10,13,15-17,19,21,23,28-29H,3,11-12,14,18H2,1-2H3,(H,27,30)/b5-4+,8-7+,16-6+,17-10-/t19-,21-,23+/m0/s1. The smallest absolute Gasteiger partial charge is 0.342 e. The number of aliphatic hydroxyl groups excluding tert-OH is 1. The Kier molecular flexibility index (Phi) is 10.5. The summed E-state index contributed by atoms with van der Waals surface area (Å²) in [6, 6.07) is 4.95. The molecule has 0 radical (unpaired) electrons. The van der Waals surface area contributed by atoms with Crippen LogP contribution >= 0.6 is 0 Å². The van der Waals surface area contributed by atoms with E-state index < -0.39 is 18.2 Å². The van der Waals surface area contributed by atoms with Crippen LogP contribution in [0, 0.1) is 5.92 Å². The number of cyclic esters (lactones) is 1. The van der Waals surface area contributed by atoms with Crippen molar-refractivity contribution in [3.8, 4) is 5.75 Å². The van der Waals surface area contributed by atoms with Gasteiger partial charge in [0.05, 0.1) is 6.10 Å². The summed E-state index contributed by atoms with van der Waals surface area (Å²) in [5.74, 6) is -1.02. The molecule has 0 saturated carbocycles. The van der Waals surface area contributed by atoms with Crippen LogP contribution in [0.4, 0.5) is 0 Å². The lowest BCUT2D eigenvalue weighted by Crippen LogP contribution is -2.28. The second kappa shape index (κ2) is 13.3. The lowest BCUT2D eigenvalue weighted by atomic mass is 9.93. The summed E-state index contributed by atoms with van der Waals surface area (Å²) >= 11 is 0. The highest BCUT2D eigenvalue weighted by molar-refractivity contribution is 5.94. The Morgan fingerprint density at radius 3 is 2.84 bits per heavy atom. The molecule has 6 heteroatoms. The van der Waals surface area contributed by atoms with Crippen molar-refractivity contribution in [2.24, 2.45) is 5.92 Å². The highest BCUT2D eigenvalue weighted by atomic mass is 16.5. The van der Waals surface area contributed by atoms with E-state index in [4.69, 9.17) is 4.74 Å². The van der Waals surface area contributed by atoms with Gasteiger partial charge in [0.15, 0.2) is 0 Å². The van der Waals surface area contributed by atoms with Gasteiger partial charge in [0.25, 0.3) is 0 Å². The molecule has 1 aliphatic rings. The Bertz CT molecular complexity index is 884. The number of carbonyl (C=O) groups excluding carboxylic acids is 2. The van der Waals surface area contributed by atoms with Gasteiger partial charge in [-0.2, -0.15) is 0 Å². The van der Waals surface area contributed by atoms with Crippen molar-refractivity contribution in [1.82, 2.24) is 5.32 Å². The molecule has 1 aromatic carbocycles. The Balaban J connectivity index is 2.11. The molecule has 2 rings (SSSR count). The number of aromatic hydroxyl groups is 1. The number of phenols is 1. The molecule has 3 N–H and O–H groups in total. The molecule has 6 nitrogen and oxygen atoms in total. The molecule has 1 aliphatic heterocycles. The van der Waals surface area contributed by atoms with E-state index in [-0.39, 0.29) is 29.6 Å². The molecule has 0 bridgehead atoms. The van der Waals surface area contributed by atoms with Crippen molar-refractivity contribution in [1.29, 1.82) is 0 Å². The molecule has 0 aliphatic carbocycles. The average molecular weight is 440 g/mol. The number of allylic oxidation sites excluding steroid dienone is 5. The zero-order valence-electron chi connectivity index (χ0n) is 18.7. The van der Waals surface area contributed by atoms with Crippen LogP contribution in [0.3, 0.4) is 0 Å². The third kappa shape index (κ3) is 8.19. The molecular weight excluding hydrogens is 406 g/mol. The average Bonchev–Trinajstić information content (AvgIpc) is 2.76. The molecular formula is C26H33NO5. The number of aliphatic hydroxyl groups is 1. The minimum absolute atomic E-state index is 0.000482. The lowest BCUT2D eigenvalue weighted by Gasteiger charge is -2.24. The van der Waals surface area contributed by atoms with Crippen LogP contribution in [0.5, 0.6) is 5.75 Å². The van der Waals surface area contributed by atoms with E-state index in [1.54, 1.807) is 30.4 Å². The summed E-state index contributed by atoms with van der Waals surface area (Å²) in [7, 11) is 0. The fraction of sp³-hybridized carbons (Fsp3) is 0.385. The van der Waals surface area contributed by atoms with Crippen LogP contribution in [-0.4, -0.2) is 34.3 Å². The zero-order chi connectivity index (χ0) is 23.3. The summed E-state index contributed by atoms with van der Waals surface area (Å²) in [6.45, 7) is 3.96. The quantitative estimate of drug-likeness (QED) is 0.265. The van der Waals surface area contributed by atoms with Crippen LogP contribution in [0.25, 0.3) is 0 Å². The zero-order valence-corrected chi connectivity index (χ0v) is 18.7. The van der Waals surface area contributed by atoms with Crippen LogP contribution in [0.1, 0.15) is 55.5 Å². The number of ether oxygens (including phenoxy) is 1. The Morgan fingerprint density at radius 1 is 1.25 bits per heavy atom. The topological polar surface area (TPSA) is 95.9 Å². The highest BCUT2D eigenvalue weighted by Gasteiger charge is 2.25. The number of esters is 1. The molecule has 172 valence electrons. The van der Waals surface area contributed by atoms with Crippen molar-refractivity contribution in [2.45, 2.75) is 58.2 Å². The first-order valence-corrected chi connectivity index (χ1v) is 11.1. The number of fused-ring (bicyclic) bond motifs is 1. The van der Waals surface area contributed by atoms with E-state index in [9.17, 15) is 19.8 Å². The number of phenolic OH excluding ortho intramolecular Hbond substituents is 1. The molecule has 3 atom stereocenters. The number of rotatable bonds is 6. The van der Waals surface area contributed by atoms with Gasteiger partial charge in [-0.1, -0.05) is 62.4 Å². The van der Waals surface area contributed by atoms with Gasteiger partial charge >= 0.3 is 5.97 Å². The van der Waals surface area contributed by atoms with Gasteiger partial charge in [-0.25, -0.2) is 4.79 Å². The number of hydrogen-bond acceptors (Lipinski definition) is 5. The normalized spacial score (nSPS) is 23.5. The first-order chi connectivity index (χ1) is 15.4. The van der Waals surface area contributed by atoms with Crippen LogP contribution in [-0.2, 0) is 16.0 Å². The van der Waals surface area contributed by atoms with E-state index in [2.05, 4.69) is 5.32 Å². The van der Waals surface area contributed by atoms with E-state index in [1.807, 2.05) is 32.1 Å². The molecule has 0 unspecified atom stereocenters. The van der Waals surface area contributed by atoms with Crippen molar-refractivity contribution in [3.05, 3.63) is 78.1 Å². The lowest BCUT2D eigenvalue weighted by molar-refractivity contribution is -0.115. The molecule has 0 aromatic heterocycles. The Hall–Kier alpha value is -3.12. The maximum absolute atomic E-state index is 12.9. The van der Waals surface area contributed by atoms with E-state index in [0.717, 1.165) is 6.42 Å². The van der Waals surface area contributed by atoms with E-state index in [1.165, 1.54) is 18.3 Å². The number of nitrogens with one attached hydrogen (secondary N) is 1. The van der Waals surface area contributed by atoms with E-state index in [0.29, 0.717) is 24.8 Å². The Morgan fingerprint density at radius 2 is 2.06 bits per heavy atom. The van der Waals surface area contributed by atoms with Crippen molar-refractivity contribution in [2.75, 3.05) is 0 Å². The van der Waals surface area contributed by atoms with Gasteiger partial charge in [0, 0.05) is 25.1 Å². The maximum Gasteiger partial charge on any atom is 0.342 e. The van der Waals surface area contributed by atoms with Crippen molar-refractivity contribution < 1.29 is 24.5 Å². The van der Waals surface area contributed by atoms with Crippen LogP contribution < -0.4 is 5.32 Å². The highest BCUT2D eigenvalue weighted by Crippen LogP contribution is 2.26. The molecule has 1 heterocycles. The fourth-order valence-corrected chi connectivity index (χ4v) is 3.34. The second-order valence-corrected chi connectivity index (χ2v) is 7.87. The molecule has 0 spiro atoms. The first-order valence-electron chi connectivity index (χ1n) is 11.1. The Labute approximate surface area is 190 Å². The first kappa shape index (κ1) is 25.1. The maximum atomic E-state index is 12.9. The minimum Gasteiger partial charge on any atom is -0.507 e. The van der Waals surface area contributed by atoms with Crippen LogP contribution in [0.2, 0.25) is 0 Å². The predicted molar refractivity (Wildman–Crippen MR) is 125 cm³/mol. The third-order valence-corrected chi connectivity index (χ3v) is 5.25. The molecule has 0 saturated heterocycles. The van der Waals surface area contributed by atoms with Gasteiger partial charge in [-0.05, 0) is 36.8 Å². The number of amides is 1. The second-order valence-electron chi connectivity index (χ2n) is 7.87. The number of benzene rings is 1. The molecule has 1 aromatic rings. The largest absolute Gasteiger partial charge is 0.507 e. The van der Waals surface area contributed by atoms with Gasteiger partial charge in [-0.15, -0.1) is 0 Å². The number of hydrogen-bond donors (Lipinski definition) is 3. The summed E-state index contributed by atoms with van der Waals surface area (Å²) < 4.78 is 5.68. The van der Waals surface area contributed by atoms with Gasteiger partial charge in [-0.3, -0.25) is 4.79 Å². The van der Waals surface area contributed by atoms with Crippen molar-refractivity contribution in [3.63, 3.8) is 0 Å². The van der Waals surface area contributed by atoms with Gasteiger partial charge < -0.3 is 20.3 Å². The van der Waals surface area contributed by atoms with Crippen LogP contribution in [0.15, 0.2) is 66.9 Å². The molecule has 32 heavy (non-hydrogen) atoms. The fourth-order valence-electron chi connectivity index (χ4n) is 3.34. The molecule has 0 fully saturated rings. The number of carbonyl (C=O) groups is 2. The van der Waals surface area contributed by atoms with Crippen molar-refractivity contribution >= 4 is 11.9 Å².